The average Bonchev–Trinajstić information content (AvgIpc) is 2.76. The highest BCUT2D eigenvalue weighted by Crippen LogP contribution is 2.24. The van der Waals surface area contributed by atoms with Crippen LogP contribution in [0.15, 0.2) is 41.6 Å². The molecule has 150 valence electrons. The van der Waals surface area contributed by atoms with Crippen LogP contribution < -0.4 is 9.64 Å². The van der Waals surface area contributed by atoms with Crippen molar-refractivity contribution in [2.45, 2.75) is 32.8 Å². The van der Waals surface area contributed by atoms with Crippen LogP contribution in [0.2, 0.25) is 0 Å². The van der Waals surface area contributed by atoms with Crippen LogP contribution in [-0.4, -0.2) is 47.8 Å². The van der Waals surface area contributed by atoms with Gasteiger partial charge in [-0.2, -0.15) is 5.10 Å². The molecule has 0 radical (unpaired) electrons. The molecule has 1 saturated heterocycles. The topological polar surface area (TPSA) is 80.1 Å². The number of hydrogen-bond acceptors (Lipinski definition) is 7. The van der Waals surface area contributed by atoms with E-state index in [1.165, 1.54) is 0 Å². The number of aromatic nitrogens is 2. The highest BCUT2D eigenvalue weighted by atomic mass is 16.6. The molecule has 7 nitrogen and oxygen atoms in total. The van der Waals surface area contributed by atoms with Gasteiger partial charge in [-0.1, -0.05) is 5.16 Å². The standard InChI is InChI=1S/C21H28N4O3/c1-2-28-22-15-18-3-6-20(7-4-18)27-14-11-17-9-12-25(13-10-17)21-8-5-19(16-26)23-24-21/h3-8,15,17,26H,2,9-14,16H2,1H3. The summed E-state index contributed by atoms with van der Waals surface area (Å²) in [7, 11) is 0. The zero-order chi connectivity index (χ0) is 19.6. The van der Waals surface area contributed by atoms with Crippen molar-refractivity contribution in [1.82, 2.24) is 10.2 Å². The summed E-state index contributed by atoms with van der Waals surface area (Å²) in [5, 5.41) is 21.1. The molecular weight excluding hydrogens is 356 g/mol. The van der Waals surface area contributed by atoms with E-state index in [1.807, 2.05) is 43.3 Å². The monoisotopic (exact) mass is 384 g/mol. The number of benzene rings is 1. The fourth-order valence-electron chi connectivity index (χ4n) is 3.22. The third kappa shape index (κ3) is 5.92. The molecule has 0 amide bonds. The summed E-state index contributed by atoms with van der Waals surface area (Å²) in [5.41, 5.74) is 1.59. The molecule has 1 N–H and O–H groups in total. The van der Waals surface area contributed by atoms with Gasteiger partial charge in [-0.05, 0) is 74.1 Å². The molecule has 2 aromatic rings. The number of aliphatic hydroxyl groups excluding tert-OH is 1. The minimum atomic E-state index is -0.0705. The second kappa shape index (κ2) is 10.6. The summed E-state index contributed by atoms with van der Waals surface area (Å²) < 4.78 is 5.89. The fourth-order valence-corrected chi connectivity index (χ4v) is 3.22. The summed E-state index contributed by atoms with van der Waals surface area (Å²) in [5.74, 6) is 2.43. The van der Waals surface area contributed by atoms with Crippen molar-refractivity contribution in [3.05, 3.63) is 47.7 Å². The van der Waals surface area contributed by atoms with Gasteiger partial charge in [0, 0.05) is 13.1 Å². The number of rotatable bonds is 9. The molecular formula is C21H28N4O3. The van der Waals surface area contributed by atoms with Gasteiger partial charge in [0.15, 0.2) is 5.82 Å². The highest BCUT2D eigenvalue weighted by Gasteiger charge is 2.20. The average molecular weight is 384 g/mol. The van der Waals surface area contributed by atoms with Crippen LogP contribution in [0.4, 0.5) is 5.82 Å². The van der Waals surface area contributed by atoms with Crippen LogP contribution in [0.5, 0.6) is 5.75 Å². The van der Waals surface area contributed by atoms with E-state index in [2.05, 4.69) is 20.3 Å². The van der Waals surface area contributed by atoms with Gasteiger partial charge in [-0.15, -0.1) is 5.10 Å². The van der Waals surface area contributed by atoms with Gasteiger partial charge in [0.1, 0.15) is 12.4 Å². The van der Waals surface area contributed by atoms with Crippen molar-refractivity contribution in [2.24, 2.45) is 11.1 Å². The first-order chi connectivity index (χ1) is 13.8. The first-order valence-electron chi connectivity index (χ1n) is 9.85. The molecule has 0 spiro atoms. The molecule has 7 heteroatoms. The van der Waals surface area contributed by atoms with E-state index >= 15 is 0 Å². The van der Waals surface area contributed by atoms with Gasteiger partial charge in [-0.25, -0.2) is 0 Å². The highest BCUT2D eigenvalue weighted by molar-refractivity contribution is 5.79. The Morgan fingerprint density at radius 1 is 1.14 bits per heavy atom. The lowest BCUT2D eigenvalue weighted by molar-refractivity contribution is 0.160. The van der Waals surface area contributed by atoms with Crippen LogP contribution in [0.1, 0.15) is 37.4 Å². The Hall–Kier alpha value is -2.67. The molecule has 1 fully saturated rings. The second-order valence-electron chi connectivity index (χ2n) is 6.83. The molecule has 0 atom stereocenters. The Kier molecular flexibility index (Phi) is 7.61. The van der Waals surface area contributed by atoms with Crippen molar-refractivity contribution in [3.8, 4) is 5.75 Å². The van der Waals surface area contributed by atoms with Crippen molar-refractivity contribution in [1.29, 1.82) is 0 Å². The van der Waals surface area contributed by atoms with Crippen LogP contribution in [0.25, 0.3) is 0 Å². The zero-order valence-corrected chi connectivity index (χ0v) is 16.3. The maximum atomic E-state index is 9.06. The Labute approximate surface area is 166 Å². The largest absolute Gasteiger partial charge is 0.494 e. The summed E-state index contributed by atoms with van der Waals surface area (Å²) in [6.07, 6.45) is 5.00. The number of hydrogen-bond donors (Lipinski definition) is 1. The first-order valence-corrected chi connectivity index (χ1v) is 9.85. The Morgan fingerprint density at radius 3 is 2.57 bits per heavy atom. The second-order valence-corrected chi connectivity index (χ2v) is 6.83. The summed E-state index contributed by atoms with van der Waals surface area (Å²) in [6, 6.07) is 11.6. The maximum Gasteiger partial charge on any atom is 0.151 e. The molecule has 1 aromatic carbocycles. The van der Waals surface area contributed by atoms with E-state index < -0.39 is 0 Å². The van der Waals surface area contributed by atoms with Gasteiger partial charge in [0.25, 0.3) is 0 Å². The number of oxime groups is 1. The number of nitrogens with zero attached hydrogens (tertiary/aromatic N) is 4. The van der Waals surface area contributed by atoms with Crippen molar-refractivity contribution in [3.63, 3.8) is 0 Å². The lowest BCUT2D eigenvalue weighted by Gasteiger charge is -2.32. The lowest BCUT2D eigenvalue weighted by Crippen LogP contribution is -2.34. The zero-order valence-electron chi connectivity index (χ0n) is 16.3. The summed E-state index contributed by atoms with van der Waals surface area (Å²) in [6.45, 7) is 5.08. The molecule has 3 rings (SSSR count). The summed E-state index contributed by atoms with van der Waals surface area (Å²) in [4.78, 5) is 7.22. The van der Waals surface area contributed by atoms with Gasteiger partial charge in [0.05, 0.1) is 25.1 Å². The Bertz CT molecular complexity index is 726. The lowest BCUT2D eigenvalue weighted by atomic mass is 9.94. The third-order valence-corrected chi connectivity index (χ3v) is 4.89. The van der Waals surface area contributed by atoms with Crippen molar-refractivity contribution >= 4 is 12.0 Å². The van der Waals surface area contributed by atoms with E-state index in [9.17, 15) is 0 Å². The molecule has 1 aromatic heterocycles. The van der Waals surface area contributed by atoms with Crippen LogP contribution in [-0.2, 0) is 11.4 Å². The van der Waals surface area contributed by atoms with Gasteiger partial charge < -0.3 is 19.6 Å². The van der Waals surface area contributed by atoms with Crippen LogP contribution in [0, 0.1) is 5.92 Å². The number of ether oxygens (including phenoxy) is 1. The van der Waals surface area contributed by atoms with E-state index in [1.54, 1.807) is 6.21 Å². The van der Waals surface area contributed by atoms with Gasteiger partial charge in [-0.3, -0.25) is 0 Å². The predicted octanol–water partition coefficient (Wildman–Crippen LogP) is 3.02. The molecule has 2 heterocycles. The Morgan fingerprint density at radius 2 is 1.93 bits per heavy atom. The molecule has 1 aliphatic heterocycles. The molecule has 1 aliphatic rings. The van der Waals surface area contributed by atoms with Crippen LogP contribution in [0.3, 0.4) is 0 Å². The normalized spacial score (nSPS) is 15.1. The number of aliphatic hydroxyl groups is 1. The van der Waals surface area contributed by atoms with E-state index in [0.29, 0.717) is 18.2 Å². The number of anilines is 1. The predicted molar refractivity (Wildman–Crippen MR) is 109 cm³/mol. The fraction of sp³-hybridized carbons (Fsp3) is 0.476. The molecule has 0 bridgehead atoms. The molecule has 0 saturated carbocycles. The first kappa shape index (κ1) is 20.1. The molecule has 0 unspecified atom stereocenters. The van der Waals surface area contributed by atoms with Gasteiger partial charge in [0.2, 0.25) is 0 Å². The van der Waals surface area contributed by atoms with E-state index in [-0.39, 0.29) is 6.61 Å². The number of piperidine rings is 1. The minimum absolute atomic E-state index is 0.0705. The van der Waals surface area contributed by atoms with Crippen molar-refractivity contribution < 1.29 is 14.7 Å². The quantitative estimate of drug-likeness (QED) is 0.529. The van der Waals surface area contributed by atoms with Gasteiger partial charge >= 0.3 is 0 Å². The van der Waals surface area contributed by atoms with Crippen LogP contribution >= 0.6 is 0 Å². The molecule has 0 aliphatic carbocycles. The van der Waals surface area contributed by atoms with E-state index in [0.717, 1.165) is 56.1 Å². The summed E-state index contributed by atoms with van der Waals surface area (Å²) >= 11 is 0. The minimum Gasteiger partial charge on any atom is -0.494 e. The van der Waals surface area contributed by atoms with E-state index in [4.69, 9.17) is 14.7 Å². The Balaban J connectivity index is 1.37. The third-order valence-electron chi connectivity index (χ3n) is 4.89. The van der Waals surface area contributed by atoms with Crippen molar-refractivity contribution in [2.75, 3.05) is 31.2 Å². The molecule has 28 heavy (non-hydrogen) atoms. The SMILES string of the molecule is CCON=Cc1ccc(OCCC2CCN(c3ccc(CO)nn3)CC2)cc1. The smallest absolute Gasteiger partial charge is 0.151 e. The maximum absolute atomic E-state index is 9.06.